The van der Waals surface area contributed by atoms with Crippen LogP contribution >= 0.6 is 0 Å². The van der Waals surface area contributed by atoms with E-state index in [1.54, 1.807) is 0 Å². The molecule has 0 saturated carbocycles. The summed E-state index contributed by atoms with van der Waals surface area (Å²) in [5, 5.41) is 13.0. The van der Waals surface area contributed by atoms with E-state index in [2.05, 4.69) is 10.2 Å². The fourth-order valence-corrected chi connectivity index (χ4v) is 4.13. The molecule has 2 aliphatic rings. The first-order valence-electron chi connectivity index (χ1n) is 9.23. The number of hydrogen-bond acceptors (Lipinski definition) is 3. The van der Waals surface area contributed by atoms with Gasteiger partial charge in [0.1, 0.15) is 0 Å². The molecule has 0 radical (unpaired) electrons. The van der Waals surface area contributed by atoms with Crippen LogP contribution in [-0.2, 0) is 6.42 Å². The maximum Gasteiger partial charge on any atom is 0.251 e. The first-order chi connectivity index (χ1) is 11.4. The zero-order valence-electron chi connectivity index (χ0n) is 15.0. The van der Waals surface area contributed by atoms with Crippen LogP contribution in [0.3, 0.4) is 0 Å². The number of nitrogens with one attached hydrogen (secondary N) is 1. The van der Waals surface area contributed by atoms with E-state index in [1.165, 1.54) is 38.8 Å². The van der Waals surface area contributed by atoms with E-state index in [0.29, 0.717) is 0 Å². The molecule has 1 aromatic rings. The summed E-state index contributed by atoms with van der Waals surface area (Å²) >= 11 is 0. The Morgan fingerprint density at radius 2 is 1.83 bits per heavy atom. The van der Waals surface area contributed by atoms with Crippen LogP contribution in [0.25, 0.3) is 0 Å². The van der Waals surface area contributed by atoms with Crippen molar-refractivity contribution < 1.29 is 9.90 Å². The van der Waals surface area contributed by atoms with Crippen molar-refractivity contribution in [2.45, 2.75) is 63.5 Å². The molecule has 0 bridgehead atoms. The van der Waals surface area contributed by atoms with E-state index in [0.717, 1.165) is 30.5 Å². The van der Waals surface area contributed by atoms with E-state index in [-0.39, 0.29) is 11.4 Å². The fraction of sp³-hybridized carbons (Fsp3) is 0.650. The maximum atomic E-state index is 12.4. The molecular weight excluding hydrogens is 300 g/mol. The summed E-state index contributed by atoms with van der Waals surface area (Å²) in [6.45, 7) is 6.79. The molecule has 0 aromatic heterocycles. The van der Waals surface area contributed by atoms with E-state index >= 15 is 0 Å². The Labute approximate surface area is 145 Å². The third-order valence-corrected chi connectivity index (χ3v) is 5.63. The van der Waals surface area contributed by atoms with Crippen molar-refractivity contribution in [3.8, 4) is 0 Å². The molecule has 2 fully saturated rings. The van der Waals surface area contributed by atoms with Gasteiger partial charge in [-0.3, -0.25) is 9.69 Å². The minimum absolute atomic E-state index is 0.0252. The number of fused-ring (bicyclic) bond motifs is 1. The van der Waals surface area contributed by atoms with Crippen molar-refractivity contribution in [2.75, 3.05) is 19.6 Å². The minimum atomic E-state index is -0.649. The van der Waals surface area contributed by atoms with Crippen molar-refractivity contribution in [1.29, 1.82) is 0 Å². The van der Waals surface area contributed by atoms with Gasteiger partial charge in [0, 0.05) is 17.6 Å². The lowest BCUT2D eigenvalue weighted by molar-refractivity contribution is 0.0713. The molecule has 2 N–H and O–H groups in total. The highest BCUT2D eigenvalue weighted by Gasteiger charge is 2.44. The Kier molecular flexibility index (Phi) is 4.97. The van der Waals surface area contributed by atoms with Gasteiger partial charge in [0.15, 0.2) is 0 Å². The Hall–Kier alpha value is -1.39. The van der Waals surface area contributed by atoms with E-state index in [9.17, 15) is 9.90 Å². The number of amides is 1. The van der Waals surface area contributed by atoms with E-state index in [1.807, 2.05) is 38.1 Å². The summed E-state index contributed by atoms with van der Waals surface area (Å²) in [4.78, 5) is 15.0. The zero-order chi connectivity index (χ0) is 17.2. The molecular formula is C20H30N2O2. The van der Waals surface area contributed by atoms with Crippen LogP contribution in [0.15, 0.2) is 24.3 Å². The number of rotatable bonds is 6. The number of aliphatic hydroxyl groups is 1. The van der Waals surface area contributed by atoms with Gasteiger partial charge in [-0.1, -0.05) is 12.1 Å². The average Bonchev–Trinajstić information content (AvgIpc) is 3.10. The Morgan fingerprint density at radius 3 is 2.42 bits per heavy atom. The largest absolute Gasteiger partial charge is 0.390 e. The number of hydrogen-bond donors (Lipinski definition) is 2. The fourth-order valence-electron chi connectivity index (χ4n) is 4.13. The molecule has 2 saturated heterocycles. The van der Waals surface area contributed by atoms with Crippen LogP contribution in [0.5, 0.6) is 0 Å². The molecule has 132 valence electrons. The molecule has 4 heteroatoms. The first kappa shape index (κ1) is 17.4. The van der Waals surface area contributed by atoms with Gasteiger partial charge in [-0.15, -0.1) is 0 Å². The van der Waals surface area contributed by atoms with Gasteiger partial charge in [-0.2, -0.15) is 0 Å². The van der Waals surface area contributed by atoms with E-state index in [4.69, 9.17) is 0 Å². The molecule has 0 spiro atoms. The van der Waals surface area contributed by atoms with Crippen LogP contribution < -0.4 is 5.32 Å². The molecule has 24 heavy (non-hydrogen) atoms. The summed E-state index contributed by atoms with van der Waals surface area (Å²) in [6, 6.07) is 7.79. The molecule has 1 aromatic carbocycles. The lowest BCUT2D eigenvalue weighted by Gasteiger charge is -2.32. The van der Waals surface area contributed by atoms with Gasteiger partial charge in [0.05, 0.1) is 5.60 Å². The second-order valence-electron chi connectivity index (χ2n) is 8.11. The summed E-state index contributed by atoms with van der Waals surface area (Å²) in [7, 11) is 0. The van der Waals surface area contributed by atoms with Crippen molar-refractivity contribution in [2.24, 2.45) is 0 Å². The lowest BCUT2D eigenvalue weighted by Crippen LogP contribution is -2.48. The molecule has 4 nitrogen and oxygen atoms in total. The maximum absolute atomic E-state index is 12.4. The SMILES string of the molecule is CC(C)(O)CCc1ccc(C(=O)NCC23CCCN2CCC3)cc1. The molecule has 0 atom stereocenters. The molecule has 2 aliphatic heterocycles. The van der Waals surface area contributed by atoms with Crippen molar-refractivity contribution in [3.63, 3.8) is 0 Å². The number of benzene rings is 1. The Bertz CT molecular complexity index is 564. The molecule has 0 unspecified atom stereocenters. The monoisotopic (exact) mass is 330 g/mol. The predicted octanol–water partition coefficient (Wildman–Crippen LogP) is 2.75. The van der Waals surface area contributed by atoms with Gasteiger partial charge < -0.3 is 10.4 Å². The molecule has 0 aliphatic carbocycles. The predicted molar refractivity (Wildman–Crippen MR) is 96.2 cm³/mol. The summed E-state index contributed by atoms with van der Waals surface area (Å²) in [6.07, 6.45) is 6.48. The number of carbonyl (C=O) groups excluding carboxylic acids is 1. The van der Waals surface area contributed by atoms with Gasteiger partial charge in [-0.05, 0) is 83.2 Å². The summed E-state index contributed by atoms with van der Waals surface area (Å²) in [5.41, 5.74) is 1.46. The average molecular weight is 330 g/mol. The second kappa shape index (κ2) is 6.85. The molecule has 3 rings (SSSR count). The Balaban J connectivity index is 1.54. The van der Waals surface area contributed by atoms with Crippen molar-refractivity contribution in [1.82, 2.24) is 10.2 Å². The standard InChI is InChI=1S/C20H30N2O2/c1-19(2,24)12-9-16-5-7-17(8-6-16)18(23)21-15-20-10-3-13-22(20)14-4-11-20/h5-8,24H,3-4,9-15H2,1-2H3,(H,21,23). The highest BCUT2D eigenvalue weighted by Crippen LogP contribution is 2.38. The van der Waals surface area contributed by atoms with Crippen LogP contribution in [0, 0.1) is 0 Å². The topological polar surface area (TPSA) is 52.6 Å². The highest BCUT2D eigenvalue weighted by atomic mass is 16.3. The van der Waals surface area contributed by atoms with Gasteiger partial charge in [0.25, 0.3) is 5.91 Å². The lowest BCUT2D eigenvalue weighted by atomic mass is 9.94. The van der Waals surface area contributed by atoms with Crippen LogP contribution in [0.2, 0.25) is 0 Å². The van der Waals surface area contributed by atoms with Crippen LogP contribution in [0.4, 0.5) is 0 Å². The van der Waals surface area contributed by atoms with Gasteiger partial charge in [-0.25, -0.2) is 0 Å². The van der Waals surface area contributed by atoms with Crippen LogP contribution in [0.1, 0.15) is 61.9 Å². The molecule has 2 heterocycles. The van der Waals surface area contributed by atoms with Crippen molar-refractivity contribution >= 4 is 5.91 Å². The smallest absolute Gasteiger partial charge is 0.251 e. The van der Waals surface area contributed by atoms with E-state index < -0.39 is 5.60 Å². The summed E-state index contributed by atoms with van der Waals surface area (Å²) in [5.74, 6) is 0.0252. The molecule has 1 amide bonds. The quantitative estimate of drug-likeness (QED) is 0.843. The van der Waals surface area contributed by atoms with Crippen molar-refractivity contribution in [3.05, 3.63) is 35.4 Å². The normalized spacial score (nSPS) is 20.1. The summed E-state index contributed by atoms with van der Waals surface area (Å²) < 4.78 is 0. The van der Waals surface area contributed by atoms with Gasteiger partial charge in [0.2, 0.25) is 0 Å². The zero-order valence-corrected chi connectivity index (χ0v) is 15.0. The van der Waals surface area contributed by atoms with Gasteiger partial charge >= 0.3 is 0 Å². The Morgan fingerprint density at radius 1 is 1.21 bits per heavy atom. The first-order valence-corrected chi connectivity index (χ1v) is 9.23. The highest BCUT2D eigenvalue weighted by molar-refractivity contribution is 5.94. The number of carbonyl (C=O) groups is 1. The number of nitrogens with zero attached hydrogens (tertiary/aromatic N) is 1. The third-order valence-electron chi connectivity index (χ3n) is 5.63. The minimum Gasteiger partial charge on any atom is -0.390 e. The second-order valence-corrected chi connectivity index (χ2v) is 8.11. The third kappa shape index (κ3) is 3.98. The van der Waals surface area contributed by atoms with Crippen LogP contribution in [-0.4, -0.2) is 46.7 Å². The number of aryl methyl sites for hydroxylation is 1.